The standard InChI is InChI=1S/C24H34O7/c1-13(2)17-6-7-18-21-19(27)10-14(3)20(31-16(5)26)11-23(21,12-30-15(4)25)8-9-24(17,18)22(28)29/h10,13,17-18,20-21H,6-9,11-12H2,1-5H3,(H,28,29)/t17-,18+,20-,21-,23+,24+/m1/s1. The number of fused-ring (bicyclic) bond motifs is 3. The van der Waals surface area contributed by atoms with Crippen molar-refractivity contribution >= 4 is 23.7 Å². The van der Waals surface area contributed by atoms with Gasteiger partial charge in [0.25, 0.3) is 0 Å². The lowest BCUT2D eigenvalue weighted by atomic mass is 9.49. The molecule has 0 amide bonds. The highest BCUT2D eigenvalue weighted by Gasteiger charge is 2.67. The maximum absolute atomic E-state index is 13.6. The molecule has 7 nitrogen and oxygen atoms in total. The third-order valence-electron chi connectivity index (χ3n) is 8.06. The predicted octanol–water partition coefficient (Wildman–Crippen LogP) is 3.55. The van der Waals surface area contributed by atoms with E-state index in [0.29, 0.717) is 31.3 Å². The van der Waals surface area contributed by atoms with Crippen LogP contribution in [0.5, 0.6) is 0 Å². The highest BCUT2D eigenvalue weighted by Crippen LogP contribution is 2.65. The van der Waals surface area contributed by atoms with Crippen molar-refractivity contribution in [1.82, 2.24) is 0 Å². The molecule has 6 atom stereocenters. The van der Waals surface area contributed by atoms with E-state index in [4.69, 9.17) is 9.47 Å². The van der Waals surface area contributed by atoms with Crippen LogP contribution in [0.1, 0.15) is 66.7 Å². The lowest BCUT2D eigenvalue weighted by Crippen LogP contribution is -2.57. The topological polar surface area (TPSA) is 107 Å². The molecule has 0 aliphatic heterocycles. The average Bonchev–Trinajstić information content (AvgIpc) is 3.01. The zero-order valence-electron chi connectivity index (χ0n) is 19.1. The summed E-state index contributed by atoms with van der Waals surface area (Å²) in [6, 6.07) is 0. The maximum atomic E-state index is 13.6. The Bertz CT molecular complexity index is 813. The first-order chi connectivity index (χ1) is 14.4. The van der Waals surface area contributed by atoms with Crippen LogP contribution in [0.2, 0.25) is 0 Å². The highest BCUT2D eigenvalue weighted by atomic mass is 16.5. The van der Waals surface area contributed by atoms with Gasteiger partial charge >= 0.3 is 17.9 Å². The summed E-state index contributed by atoms with van der Waals surface area (Å²) in [5.41, 5.74) is -1.07. The molecule has 0 spiro atoms. The molecule has 31 heavy (non-hydrogen) atoms. The number of carbonyl (C=O) groups is 4. The number of carbonyl (C=O) groups excluding carboxylic acids is 3. The van der Waals surface area contributed by atoms with Crippen molar-refractivity contribution in [2.45, 2.75) is 72.8 Å². The third-order valence-corrected chi connectivity index (χ3v) is 8.06. The molecule has 172 valence electrons. The Balaban J connectivity index is 2.12. The van der Waals surface area contributed by atoms with Crippen molar-refractivity contribution in [3.63, 3.8) is 0 Å². The second-order valence-corrected chi connectivity index (χ2v) is 10.1. The van der Waals surface area contributed by atoms with Crippen LogP contribution >= 0.6 is 0 Å². The number of hydrogen-bond donors (Lipinski definition) is 1. The predicted molar refractivity (Wildman–Crippen MR) is 112 cm³/mol. The Morgan fingerprint density at radius 3 is 2.39 bits per heavy atom. The van der Waals surface area contributed by atoms with E-state index in [0.717, 1.165) is 6.42 Å². The number of ketones is 1. The van der Waals surface area contributed by atoms with Gasteiger partial charge in [-0.1, -0.05) is 13.8 Å². The molecule has 0 saturated heterocycles. The Labute approximate surface area is 183 Å². The summed E-state index contributed by atoms with van der Waals surface area (Å²) in [7, 11) is 0. The second kappa shape index (κ2) is 8.40. The van der Waals surface area contributed by atoms with Gasteiger partial charge in [-0.05, 0) is 68.4 Å². The highest BCUT2D eigenvalue weighted by molar-refractivity contribution is 5.95. The quantitative estimate of drug-likeness (QED) is 0.659. The average molecular weight is 435 g/mol. The van der Waals surface area contributed by atoms with Crippen LogP contribution in [0.15, 0.2) is 11.6 Å². The minimum Gasteiger partial charge on any atom is -0.481 e. The molecular formula is C24H34O7. The van der Waals surface area contributed by atoms with Crippen LogP contribution in [0, 0.1) is 34.5 Å². The minimum absolute atomic E-state index is 0.00729. The molecule has 0 aromatic carbocycles. The molecule has 0 unspecified atom stereocenters. The molecular weight excluding hydrogens is 400 g/mol. The van der Waals surface area contributed by atoms with Gasteiger partial charge < -0.3 is 14.6 Å². The Morgan fingerprint density at radius 2 is 1.84 bits per heavy atom. The van der Waals surface area contributed by atoms with E-state index in [9.17, 15) is 24.3 Å². The Kier molecular flexibility index (Phi) is 6.36. The molecule has 1 N–H and O–H groups in total. The SMILES string of the molecule is CC(=O)OC[C@@]12CC[C@]3(C(=O)O)[C@@H](C(C)C)CC[C@H]3[C@@H]1C(=O)C=C(C)[C@H](OC(C)=O)C2. The molecule has 7 heteroatoms. The number of rotatable bonds is 5. The van der Waals surface area contributed by atoms with Gasteiger partial charge in [-0.15, -0.1) is 0 Å². The van der Waals surface area contributed by atoms with E-state index in [1.54, 1.807) is 6.92 Å². The molecule has 2 fully saturated rings. The molecule has 0 aromatic heterocycles. The molecule has 3 aliphatic carbocycles. The molecule has 0 heterocycles. The first-order valence-corrected chi connectivity index (χ1v) is 11.2. The van der Waals surface area contributed by atoms with Gasteiger partial charge in [0.05, 0.1) is 12.0 Å². The van der Waals surface area contributed by atoms with E-state index >= 15 is 0 Å². The van der Waals surface area contributed by atoms with E-state index < -0.39 is 40.8 Å². The van der Waals surface area contributed by atoms with Crippen LogP contribution in [-0.4, -0.2) is 41.5 Å². The summed E-state index contributed by atoms with van der Waals surface area (Å²) in [6.45, 7) is 8.54. The van der Waals surface area contributed by atoms with Crippen molar-refractivity contribution in [3.05, 3.63) is 11.6 Å². The van der Waals surface area contributed by atoms with Crippen LogP contribution in [-0.2, 0) is 28.7 Å². The van der Waals surface area contributed by atoms with Gasteiger partial charge in [-0.25, -0.2) is 0 Å². The normalized spacial score (nSPS) is 37.4. The van der Waals surface area contributed by atoms with Crippen molar-refractivity contribution in [2.24, 2.45) is 34.5 Å². The van der Waals surface area contributed by atoms with E-state index in [1.165, 1.54) is 19.9 Å². The zero-order valence-corrected chi connectivity index (χ0v) is 19.1. The van der Waals surface area contributed by atoms with Gasteiger partial charge in [-0.3, -0.25) is 19.2 Å². The monoisotopic (exact) mass is 434 g/mol. The first kappa shape index (κ1) is 23.5. The number of carboxylic acids is 1. The molecule has 2 saturated carbocycles. The molecule has 3 aliphatic rings. The molecule has 3 rings (SSSR count). The summed E-state index contributed by atoms with van der Waals surface area (Å²) in [5, 5.41) is 10.4. The lowest BCUT2D eigenvalue weighted by Gasteiger charge is -2.53. The van der Waals surface area contributed by atoms with Gasteiger partial charge in [-0.2, -0.15) is 0 Å². The Morgan fingerprint density at radius 1 is 1.16 bits per heavy atom. The first-order valence-electron chi connectivity index (χ1n) is 11.2. The number of ether oxygens (including phenoxy) is 2. The van der Waals surface area contributed by atoms with Crippen LogP contribution in [0.25, 0.3) is 0 Å². The minimum atomic E-state index is -0.961. The fourth-order valence-corrected chi connectivity index (χ4v) is 6.84. The molecule has 0 bridgehead atoms. The number of esters is 2. The van der Waals surface area contributed by atoms with E-state index in [1.807, 2.05) is 13.8 Å². The van der Waals surface area contributed by atoms with Crippen LogP contribution in [0.4, 0.5) is 0 Å². The third kappa shape index (κ3) is 3.92. The number of aliphatic carboxylic acids is 1. The summed E-state index contributed by atoms with van der Waals surface area (Å²) in [4.78, 5) is 49.7. The Hall–Kier alpha value is -2.18. The second-order valence-electron chi connectivity index (χ2n) is 10.1. The van der Waals surface area contributed by atoms with Crippen molar-refractivity contribution in [2.75, 3.05) is 6.61 Å². The van der Waals surface area contributed by atoms with Gasteiger partial charge in [0.15, 0.2) is 5.78 Å². The summed E-state index contributed by atoms with van der Waals surface area (Å²) >= 11 is 0. The summed E-state index contributed by atoms with van der Waals surface area (Å²) in [5.74, 6) is -2.60. The largest absolute Gasteiger partial charge is 0.481 e. The van der Waals surface area contributed by atoms with E-state index in [2.05, 4.69) is 0 Å². The smallest absolute Gasteiger partial charge is 0.310 e. The fraction of sp³-hybridized carbons (Fsp3) is 0.750. The number of carboxylic acid groups (broad SMARTS) is 1. The van der Waals surface area contributed by atoms with Crippen LogP contribution in [0.3, 0.4) is 0 Å². The van der Waals surface area contributed by atoms with Gasteiger partial charge in [0.2, 0.25) is 0 Å². The molecule has 0 radical (unpaired) electrons. The van der Waals surface area contributed by atoms with Crippen molar-refractivity contribution in [1.29, 1.82) is 0 Å². The summed E-state index contributed by atoms with van der Waals surface area (Å²) in [6.07, 6.45) is 3.54. The van der Waals surface area contributed by atoms with Gasteiger partial charge in [0.1, 0.15) is 6.10 Å². The molecule has 0 aromatic rings. The summed E-state index contributed by atoms with van der Waals surface area (Å²) < 4.78 is 11.0. The zero-order chi connectivity index (χ0) is 23.1. The number of hydrogen-bond acceptors (Lipinski definition) is 6. The maximum Gasteiger partial charge on any atom is 0.310 e. The van der Waals surface area contributed by atoms with Gasteiger partial charge in [0, 0.05) is 25.2 Å². The number of allylic oxidation sites excluding steroid dienone is 1. The fourth-order valence-electron chi connectivity index (χ4n) is 6.84. The van der Waals surface area contributed by atoms with Crippen molar-refractivity contribution < 1.29 is 33.8 Å². The van der Waals surface area contributed by atoms with Crippen LogP contribution < -0.4 is 0 Å². The van der Waals surface area contributed by atoms with E-state index in [-0.39, 0.29) is 30.1 Å². The lowest BCUT2D eigenvalue weighted by molar-refractivity contribution is -0.178. The van der Waals surface area contributed by atoms with Crippen molar-refractivity contribution in [3.8, 4) is 0 Å².